The van der Waals surface area contributed by atoms with Crippen molar-refractivity contribution in [2.75, 3.05) is 0 Å². The predicted molar refractivity (Wildman–Crippen MR) is 74.4 cm³/mol. The molecule has 0 heterocycles. The van der Waals surface area contributed by atoms with Crippen molar-refractivity contribution < 1.29 is 28.2 Å². The minimum atomic E-state index is -3.96. The number of carboxylic acid groups (broad SMARTS) is 2. The Bertz CT molecular complexity index is 625. The third-order valence-corrected chi connectivity index (χ3v) is 4.25. The van der Waals surface area contributed by atoms with Gasteiger partial charge in [0.25, 0.3) is 0 Å². The number of hydrogen-bond acceptors (Lipinski definition) is 4. The van der Waals surface area contributed by atoms with Gasteiger partial charge < -0.3 is 10.2 Å². The van der Waals surface area contributed by atoms with Crippen LogP contribution < -0.4 is 4.72 Å². The summed E-state index contributed by atoms with van der Waals surface area (Å²) >= 11 is 0. The summed E-state index contributed by atoms with van der Waals surface area (Å²) in [6.45, 7) is 1.72. The summed E-state index contributed by atoms with van der Waals surface area (Å²) in [6, 6.07) is 4.73. The molecule has 0 aliphatic rings. The number of carboxylic acids is 2. The topological polar surface area (TPSA) is 121 Å². The first-order valence-corrected chi connectivity index (χ1v) is 7.74. The lowest BCUT2D eigenvalue weighted by atomic mass is 10.1. The summed E-state index contributed by atoms with van der Waals surface area (Å²) in [6.07, 6.45) is -0.231. The van der Waals surface area contributed by atoms with Gasteiger partial charge in [-0.3, -0.25) is 9.59 Å². The molecule has 0 unspecified atom stereocenters. The molecule has 1 aromatic rings. The van der Waals surface area contributed by atoms with Gasteiger partial charge in [0.15, 0.2) is 0 Å². The average molecular weight is 315 g/mol. The van der Waals surface area contributed by atoms with Crippen LogP contribution in [0.4, 0.5) is 0 Å². The minimum absolute atomic E-state index is 0.0213. The first-order chi connectivity index (χ1) is 9.72. The molecule has 21 heavy (non-hydrogen) atoms. The Morgan fingerprint density at radius 2 is 1.95 bits per heavy atom. The number of rotatable bonds is 8. The van der Waals surface area contributed by atoms with Crippen LogP contribution in [0.2, 0.25) is 0 Å². The summed E-state index contributed by atoms with van der Waals surface area (Å²) in [5.74, 6) is -2.39. The molecule has 116 valence electrons. The van der Waals surface area contributed by atoms with E-state index in [-0.39, 0.29) is 24.2 Å². The fraction of sp³-hybridized carbons (Fsp3) is 0.385. The molecule has 3 N–H and O–H groups in total. The van der Waals surface area contributed by atoms with Crippen molar-refractivity contribution in [2.24, 2.45) is 0 Å². The first-order valence-electron chi connectivity index (χ1n) is 6.26. The van der Waals surface area contributed by atoms with E-state index in [1.165, 1.54) is 12.1 Å². The fourth-order valence-electron chi connectivity index (χ4n) is 1.73. The lowest BCUT2D eigenvalue weighted by molar-refractivity contribution is -0.140. The highest BCUT2D eigenvalue weighted by Gasteiger charge is 2.25. The van der Waals surface area contributed by atoms with Crippen molar-refractivity contribution in [3.8, 4) is 0 Å². The Balaban J connectivity index is 2.82. The van der Waals surface area contributed by atoms with Crippen LogP contribution in [-0.4, -0.2) is 36.6 Å². The smallest absolute Gasteiger partial charge is 0.321 e. The van der Waals surface area contributed by atoms with Gasteiger partial charge >= 0.3 is 11.9 Å². The second kappa shape index (κ2) is 7.19. The molecule has 0 saturated heterocycles. The molecule has 0 amide bonds. The van der Waals surface area contributed by atoms with E-state index >= 15 is 0 Å². The van der Waals surface area contributed by atoms with Gasteiger partial charge in [-0.25, -0.2) is 8.42 Å². The Labute approximate surface area is 122 Å². The Kier molecular flexibility index (Phi) is 5.86. The van der Waals surface area contributed by atoms with Crippen molar-refractivity contribution in [1.82, 2.24) is 4.72 Å². The molecule has 1 rings (SSSR count). The van der Waals surface area contributed by atoms with Crippen LogP contribution in [0.3, 0.4) is 0 Å². The SMILES string of the molecule is Cc1cccc(S(=O)(=O)N[C@H](CCCC(=O)O)C(=O)O)c1. The highest BCUT2D eigenvalue weighted by atomic mass is 32.2. The molecule has 8 heteroatoms. The van der Waals surface area contributed by atoms with Gasteiger partial charge in [0.2, 0.25) is 10.0 Å². The normalized spacial score (nSPS) is 12.8. The zero-order valence-electron chi connectivity index (χ0n) is 11.4. The number of carbonyl (C=O) groups is 2. The maximum absolute atomic E-state index is 12.1. The van der Waals surface area contributed by atoms with Crippen molar-refractivity contribution in [2.45, 2.75) is 37.1 Å². The molecule has 0 fully saturated rings. The maximum atomic E-state index is 12.1. The summed E-state index contributed by atoms with van der Waals surface area (Å²) in [5.41, 5.74) is 0.732. The number of hydrogen-bond donors (Lipinski definition) is 3. The van der Waals surface area contributed by atoms with Crippen LogP contribution >= 0.6 is 0 Å². The molecule has 7 nitrogen and oxygen atoms in total. The summed E-state index contributed by atoms with van der Waals surface area (Å²) in [4.78, 5) is 21.5. The zero-order chi connectivity index (χ0) is 16.0. The Morgan fingerprint density at radius 1 is 1.29 bits per heavy atom. The predicted octanol–water partition coefficient (Wildman–Crippen LogP) is 0.981. The molecule has 1 atom stereocenters. The number of nitrogens with one attached hydrogen (secondary N) is 1. The highest BCUT2D eigenvalue weighted by Crippen LogP contribution is 2.13. The summed E-state index contributed by atoms with van der Waals surface area (Å²) in [5, 5.41) is 17.5. The molecule has 0 radical (unpaired) electrons. The van der Waals surface area contributed by atoms with Gasteiger partial charge in [-0.15, -0.1) is 0 Å². The van der Waals surface area contributed by atoms with Crippen molar-refractivity contribution >= 4 is 22.0 Å². The van der Waals surface area contributed by atoms with Crippen molar-refractivity contribution in [3.63, 3.8) is 0 Å². The molecular formula is C13H17NO6S. The second-order valence-electron chi connectivity index (χ2n) is 4.61. The van der Waals surface area contributed by atoms with E-state index in [1.54, 1.807) is 19.1 Å². The average Bonchev–Trinajstić information content (AvgIpc) is 2.37. The van der Waals surface area contributed by atoms with Crippen LogP contribution in [0.25, 0.3) is 0 Å². The standard InChI is InChI=1S/C13H17NO6S/c1-9-4-2-5-10(8-9)21(19,20)14-11(13(17)18)6-3-7-12(15)16/h2,4-5,8,11,14H,3,6-7H2,1H3,(H,15,16)(H,17,18)/t11-/m1/s1. The number of aryl methyl sites for hydroxylation is 1. The lowest BCUT2D eigenvalue weighted by Crippen LogP contribution is -2.40. The van der Waals surface area contributed by atoms with E-state index in [1.807, 2.05) is 0 Å². The number of benzene rings is 1. The molecule has 0 aliphatic heterocycles. The largest absolute Gasteiger partial charge is 0.481 e. The van der Waals surface area contributed by atoms with Gasteiger partial charge in [0.05, 0.1) is 4.90 Å². The third kappa shape index (κ3) is 5.52. The van der Waals surface area contributed by atoms with E-state index in [0.717, 1.165) is 5.56 Å². The number of aliphatic carboxylic acids is 2. The van der Waals surface area contributed by atoms with E-state index < -0.39 is 28.0 Å². The van der Waals surface area contributed by atoms with Crippen molar-refractivity contribution in [3.05, 3.63) is 29.8 Å². The minimum Gasteiger partial charge on any atom is -0.481 e. The second-order valence-corrected chi connectivity index (χ2v) is 6.33. The third-order valence-electron chi connectivity index (χ3n) is 2.78. The van der Waals surface area contributed by atoms with Gasteiger partial charge in [-0.05, 0) is 37.5 Å². The molecule has 0 spiro atoms. The molecule has 1 aromatic carbocycles. The van der Waals surface area contributed by atoms with Crippen LogP contribution in [0.1, 0.15) is 24.8 Å². The number of sulfonamides is 1. The van der Waals surface area contributed by atoms with E-state index in [9.17, 15) is 18.0 Å². The quantitative estimate of drug-likeness (QED) is 0.657. The van der Waals surface area contributed by atoms with Crippen LogP contribution in [-0.2, 0) is 19.6 Å². The Morgan fingerprint density at radius 3 is 2.48 bits per heavy atom. The van der Waals surface area contributed by atoms with Gasteiger partial charge in [-0.1, -0.05) is 12.1 Å². The van der Waals surface area contributed by atoms with E-state index in [4.69, 9.17) is 10.2 Å². The van der Waals surface area contributed by atoms with Crippen LogP contribution in [0.5, 0.6) is 0 Å². The highest BCUT2D eigenvalue weighted by molar-refractivity contribution is 7.89. The monoisotopic (exact) mass is 315 g/mol. The van der Waals surface area contributed by atoms with Gasteiger partial charge in [-0.2, -0.15) is 4.72 Å². The summed E-state index contributed by atoms with van der Waals surface area (Å²) in [7, 11) is -3.96. The summed E-state index contributed by atoms with van der Waals surface area (Å²) < 4.78 is 26.3. The van der Waals surface area contributed by atoms with E-state index in [2.05, 4.69) is 4.72 Å². The first kappa shape index (κ1) is 17.1. The van der Waals surface area contributed by atoms with Crippen molar-refractivity contribution in [1.29, 1.82) is 0 Å². The molecule has 0 aromatic heterocycles. The van der Waals surface area contributed by atoms with E-state index in [0.29, 0.717) is 0 Å². The molecule has 0 bridgehead atoms. The zero-order valence-corrected chi connectivity index (χ0v) is 12.3. The van der Waals surface area contributed by atoms with Gasteiger partial charge in [0.1, 0.15) is 6.04 Å². The van der Waals surface area contributed by atoms with Gasteiger partial charge in [0, 0.05) is 6.42 Å². The maximum Gasteiger partial charge on any atom is 0.321 e. The molecule has 0 aliphatic carbocycles. The van der Waals surface area contributed by atoms with Crippen LogP contribution in [0.15, 0.2) is 29.2 Å². The molecule has 0 saturated carbocycles. The lowest BCUT2D eigenvalue weighted by Gasteiger charge is -2.14. The molecular weight excluding hydrogens is 298 g/mol. The Hall–Kier alpha value is -1.93. The fourth-order valence-corrected chi connectivity index (χ4v) is 3.06. The van der Waals surface area contributed by atoms with Crippen LogP contribution in [0, 0.1) is 6.92 Å².